The second-order valence-corrected chi connectivity index (χ2v) is 3.54. The number of rotatable bonds is 5. The third-order valence-electron chi connectivity index (χ3n) is 1.87. The molecule has 0 aromatic heterocycles. The van der Waals surface area contributed by atoms with E-state index in [1.54, 1.807) is 12.1 Å². The van der Waals surface area contributed by atoms with E-state index in [0.717, 1.165) is 5.56 Å². The smallest absolute Gasteiger partial charge is 0.306 e. The first-order valence-electron chi connectivity index (χ1n) is 4.73. The monoisotopic (exact) mass is 224 g/mol. The average molecular weight is 225 g/mol. The molecule has 0 unspecified atom stereocenters. The number of carbonyl (C=O) groups excluding carboxylic acids is 1. The molecule has 80 valence electrons. The van der Waals surface area contributed by atoms with Gasteiger partial charge in [0.2, 0.25) is 0 Å². The van der Waals surface area contributed by atoms with Crippen molar-refractivity contribution in [1.82, 2.24) is 0 Å². The summed E-state index contributed by atoms with van der Waals surface area (Å²) < 4.78 is 4.85. The molecule has 1 aromatic rings. The van der Waals surface area contributed by atoms with Crippen LogP contribution < -0.4 is 0 Å². The van der Waals surface area contributed by atoms with Crippen molar-refractivity contribution in [2.45, 2.75) is 12.8 Å². The van der Waals surface area contributed by atoms with Gasteiger partial charge in [0.25, 0.3) is 0 Å². The van der Waals surface area contributed by atoms with Gasteiger partial charge in [-0.2, -0.15) is 0 Å². The van der Waals surface area contributed by atoms with E-state index in [9.17, 15) is 4.79 Å². The van der Waals surface area contributed by atoms with Crippen LogP contribution in [0.25, 0.3) is 0 Å². The van der Waals surface area contributed by atoms with Crippen LogP contribution in [0.2, 0.25) is 5.02 Å². The van der Waals surface area contributed by atoms with E-state index in [0.29, 0.717) is 17.9 Å². The summed E-state index contributed by atoms with van der Waals surface area (Å²) in [5.41, 5.74) is 1.04. The van der Waals surface area contributed by atoms with Crippen LogP contribution in [0.3, 0.4) is 0 Å². The van der Waals surface area contributed by atoms with Crippen molar-refractivity contribution in [3.63, 3.8) is 0 Å². The zero-order valence-electron chi connectivity index (χ0n) is 8.41. The van der Waals surface area contributed by atoms with Crippen molar-refractivity contribution in [2.75, 3.05) is 6.61 Å². The number of aryl methyl sites for hydroxylation is 1. The van der Waals surface area contributed by atoms with Gasteiger partial charge < -0.3 is 4.74 Å². The summed E-state index contributed by atoms with van der Waals surface area (Å²) in [6, 6.07) is 7.46. The minimum absolute atomic E-state index is 0.213. The molecule has 0 spiro atoms. The SMILES string of the molecule is C=CCOC(=O)CCc1cccc(Cl)c1. The van der Waals surface area contributed by atoms with Gasteiger partial charge in [0, 0.05) is 11.4 Å². The van der Waals surface area contributed by atoms with E-state index < -0.39 is 0 Å². The molecule has 0 bridgehead atoms. The molecule has 0 N–H and O–H groups in total. The number of hydrogen-bond donors (Lipinski definition) is 0. The molecule has 0 fully saturated rings. The van der Waals surface area contributed by atoms with Crippen LogP contribution in [0.5, 0.6) is 0 Å². The molecule has 3 heteroatoms. The highest BCUT2D eigenvalue weighted by molar-refractivity contribution is 6.30. The number of benzene rings is 1. The second kappa shape index (κ2) is 6.25. The number of hydrogen-bond acceptors (Lipinski definition) is 2. The number of esters is 1. The Kier molecular flexibility index (Phi) is 4.91. The van der Waals surface area contributed by atoms with E-state index in [-0.39, 0.29) is 12.6 Å². The highest BCUT2D eigenvalue weighted by atomic mass is 35.5. The van der Waals surface area contributed by atoms with E-state index in [1.807, 2.05) is 18.2 Å². The summed E-state index contributed by atoms with van der Waals surface area (Å²) in [5.74, 6) is -0.213. The lowest BCUT2D eigenvalue weighted by Gasteiger charge is -2.02. The van der Waals surface area contributed by atoms with Gasteiger partial charge in [-0.25, -0.2) is 0 Å². The predicted octanol–water partition coefficient (Wildman–Crippen LogP) is 3.00. The largest absolute Gasteiger partial charge is 0.461 e. The van der Waals surface area contributed by atoms with E-state index in [4.69, 9.17) is 16.3 Å². The molecule has 0 radical (unpaired) electrons. The van der Waals surface area contributed by atoms with Gasteiger partial charge in [-0.1, -0.05) is 36.4 Å². The maximum absolute atomic E-state index is 11.2. The van der Waals surface area contributed by atoms with Crippen LogP contribution in [0.4, 0.5) is 0 Å². The molecule has 0 aliphatic rings. The molecule has 0 amide bonds. The Morgan fingerprint density at radius 2 is 2.33 bits per heavy atom. The van der Waals surface area contributed by atoms with Crippen LogP contribution in [0.15, 0.2) is 36.9 Å². The molecule has 0 atom stereocenters. The van der Waals surface area contributed by atoms with E-state index >= 15 is 0 Å². The van der Waals surface area contributed by atoms with Gasteiger partial charge in [0.15, 0.2) is 0 Å². The third kappa shape index (κ3) is 4.66. The Bertz CT molecular complexity index is 347. The summed E-state index contributed by atoms with van der Waals surface area (Å²) in [7, 11) is 0. The Morgan fingerprint density at radius 3 is 3.00 bits per heavy atom. The molecule has 0 aliphatic carbocycles. The van der Waals surface area contributed by atoms with Gasteiger partial charge in [0.1, 0.15) is 6.61 Å². The Labute approximate surface area is 94.5 Å². The molecule has 0 saturated carbocycles. The summed E-state index contributed by atoms with van der Waals surface area (Å²) in [6.45, 7) is 3.74. The summed E-state index contributed by atoms with van der Waals surface area (Å²) >= 11 is 5.81. The molecule has 0 heterocycles. The summed E-state index contributed by atoms with van der Waals surface area (Å²) in [6.07, 6.45) is 2.57. The Hall–Kier alpha value is -1.28. The third-order valence-corrected chi connectivity index (χ3v) is 2.10. The summed E-state index contributed by atoms with van der Waals surface area (Å²) in [5, 5.41) is 0.687. The quantitative estimate of drug-likeness (QED) is 0.568. The normalized spacial score (nSPS) is 9.67. The van der Waals surface area contributed by atoms with E-state index in [1.165, 1.54) is 0 Å². The molecule has 0 saturated heterocycles. The van der Waals surface area contributed by atoms with Crippen molar-refractivity contribution >= 4 is 17.6 Å². The lowest BCUT2D eigenvalue weighted by molar-refractivity contribution is -0.142. The van der Waals surface area contributed by atoms with Gasteiger partial charge in [-0.15, -0.1) is 0 Å². The lowest BCUT2D eigenvalue weighted by Crippen LogP contribution is -2.05. The van der Waals surface area contributed by atoms with Crippen molar-refractivity contribution in [1.29, 1.82) is 0 Å². The van der Waals surface area contributed by atoms with Crippen LogP contribution >= 0.6 is 11.6 Å². The minimum atomic E-state index is -0.213. The second-order valence-electron chi connectivity index (χ2n) is 3.10. The number of ether oxygens (including phenoxy) is 1. The Morgan fingerprint density at radius 1 is 1.53 bits per heavy atom. The van der Waals surface area contributed by atoms with Gasteiger partial charge in [-0.3, -0.25) is 4.79 Å². The standard InChI is InChI=1S/C12H13ClO2/c1-2-8-15-12(14)7-6-10-4-3-5-11(13)9-10/h2-5,9H,1,6-8H2. The topological polar surface area (TPSA) is 26.3 Å². The molecule has 2 nitrogen and oxygen atoms in total. The lowest BCUT2D eigenvalue weighted by atomic mass is 10.1. The number of carbonyl (C=O) groups is 1. The predicted molar refractivity (Wildman–Crippen MR) is 60.9 cm³/mol. The Balaban J connectivity index is 2.36. The van der Waals surface area contributed by atoms with Crippen molar-refractivity contribution in [3.05, 3.63) is 47.5 Å². The molecular formula is C12H13ClO2. The van der Waals surface area contributed by atoms with Gasteiger partial charge >= 0.3 is 5.97 Å². The van der Waals surface area contributed by atoms with Crippen LogP contribution in [0, 0.1) is 0 Å². The maximum Gasteiger partial charge on any atom is 0.306 e. The average Bonchev–Trinajstić information content (AvgIpc) is 2.23. The van der Waals surface area contributed by atoms with Gasteiger partial charge in [0.05, 0.1) is 0 Å². The first-order chi connectivity index (χ1) is 7.22. The first-order valence-corrected chi connectivity index (χ1v) is 5.11. The van der Waals surface area contributed by atoms with Crippen LogP contribution in [0.1, 0.15) is 12.0 Å². The van der Waals surface area contributed by atoms with Gasteiger partial charge in [-0.05, 0) is 24.1 Å². The van der Waals surface area contributed by atoms with Crippen molar-refractivity contribution in [3.8, 4) is 0 Å². The molecule has 15 heavy (non-hydrogen) atoms. The van der Waals surface area contributed by atoms with Crippen molar-refractivity contribution < 1.29 is 9.53 Å². The first kappa shape index (κ1) is 11.8. The fourth-order valence-electron chi connectivity index (χ4n) is 1.16. The van der Waals surface area contributed by atoms with E-state index in [2.05, 4.69) is 6.58 Å². The fourth-order valence-corrected chi connectivity index (χ4v) is 1.38. The fraction of sp³-hybridized carbons (Fsp3) is 0.250. The molecule has 1 aromatic carbocycles. The highest BCUT2D eigenvalue weighted by Gasteiger charge is 2.02. The van der Waals surface area contributed by atoms with Crippen LogP contribution in [-0.4, -0.2) is 12.6 Å². The van der Waals surface area contributed by atoms with Crippen molar-refractivity contribution in [2.24, 2.45) is 0 Å². The molecular weight excluding hydrogens is 212 g/mol. The zero-order valence-corrected chi connectivity index (χ0v) is 9.17. The number of halogens is 1. The van der Waals surface area contributed by atoms with Crippen LogP contribution in [-0.2, 0) is 16.0 Å². The molecule has 0 aliphatic heterocycles. The maximum atomic E-state index is 11.2. The summed E-state index contributed by atoms with van der Waals surface area (Å²) in [4.78, 5) is 11.2. The minimum Gasteiger partial charge on any atom is -0.461 e. The zero-order chi connectivity index (χ0) is 11.1. The molecule has 1 rings (SSSR count). The highest BCUT2D eigenvalue weighted by Crippen LogP contribution is 2.12.